The molecular formula is C18H17F3N2O2. The average molecular weight is 350 g/mol. The number of amides is 2. The average Bonchev–Trinajstić information content (AvgIpc) is 2.56. The zero-order valence-corrected chi connectivity index (χ0v) is 13.3. The van der Waals surface area contributed by atoms with Gasteiger partial charge in [-0.25, -0.2) is 13.2 Å². The fourth-order valence-corrected chi connectivity index (χ4v) is 2.14. The zero-order chi connectivity index (χ0) is 18.2. The molecule has 0 aliphatic heterocycles. The minimum absolute atomic E-state index is 0.0258. The van der Waals surface area contributed by atoms with Crippen LogP contribution < -0.4 is 10.6 Å². The Morgan fingerprint density at radius 3 is 2.20 bits per heavy atom. The van der Waals surface area contributed by atoms with Crippen molar-refractivity contribution in [1.29, 1.82) is 0 Å². The molecule has 132 valence electrons. The van der Waals surface area contributed by atoms with Crippen LogP contribution in [0, 0.1) is 17.5 Å². The molecule has 2 N–H and O–H groups in total. The maximum atomic E-state index is 13.4. The van der Waals surface area contributed by atoms with Crippen LogP contribution in [0.5, 0.6) is 0 Å². The molecule has 0 saturated heterocycles. The lowest BCUT2D eigenvalue weighted by atomic mass is 10.1. The van der Waals surface area contributed by atoms with E-state index in [0.29, 0.717) is 19.0 Å². The van der Waals surface area contributed by atoms with Crippen molar-refractivity contribution in [2.24, 2.45) is 0 Å². The molecule has 2 rings (SSSR count). The number of hydrogen-bond acceptors (Lipinski definition) is 2. The number of carbonyl (C=O) groups is 2. The van der Waals surface area contributed by atoms with Crippen LogP contribution in [0.15, 0.2) is 42.5 Å². The molecule has 0 spiro atoms. The van der Waals surface area contributed by atoms with E-state index in [0.717, 1.165) is 17.7 Å². The molecule has 0 radical (unpaired) electrons. The van der Waals surface area contributed by atoms with Crippen molar-refractivity contribution in [2.45, 2.75) is 12.8 Å². The molecule has 2 aromatic rings. The Morgan fingerprint density at radius 2 is 1.52 bits per heavy atom. The third-order valence-corrected chi connectivity index (χ3v) is 3.46. The van der Waals surface area contributed by atoms with E-state index in [4.69, 9.17) is 0 Å². The molecule has 2 amide bonds. The second-order valence-corrected chi connectivity index (χ2v) is 5.36. The quantitative estimate of drug-likeness (QED) is 0.806. The first kappa shape index (κ1) is 18.5. The van der Waals surface area contributed by atoms with Gasteiger partial charge in [0, 0.05) is 25.6 Å². The molecule has 2 aromatic carbocycles. The van der Waals surface area contributed by atoms with Gasteiger partial charge < -0.3 is 10.6 Å². The first-order chi connectivity index (χ1) is 12.0. The van der Waals surface area contributed by atoms with E-state index in [1.807, 2.05) is 0 Å². The lowest BCUT2D eigenvalue weighted by Crippen LogP contribution is -2.32. The molecule has 0 unspecified atom stereocenters. The van der Waals surface area contributed by atoms with Crippen LogP contribution in [-0.2, 0) is 11.2 Å². The molecule has 0 fully saturated rings. The van der Waals surface area contributed by atoms with Gasteiger partial charge in [0.2, 0.25) is 5.91 Å². The number of rotatable bonds is 7. The second-order valence-electron chi connectivity index (χ2n) is 5.36. The van der Waals surface area contributed by atoms with E-state index in [2.05, 4.69) is 10.6 Å². The fraction of sp³-hybridized carbons (Fsp3) is 0.222. The van der Waals surface area contributed by atoms with Gasteiger partial charge in [0.1, 0.15) is 17.5 Å². The maximum Gasteiger partial charge on any atom is 0.254 e. The summed E-state index contributed by atoms with van der Waals surface area (Å²) in [5.41, 5.74) is 0.611. The van der Waals surface area contributed by atoms with Crippen LogP contribution in [0.2, 0.25) is 0 Å². The van der Waals surface area contributed by atoms with Crippen molar-refractivity contribution in [2.75, 3.05) is 13.1 Å². The summed E-state index contributed by atoms with van der Waals surface area (Å²) in [6.45, 7) is 0.406. The van der Waals surface area contributed by atoms with Gasteiger partial charge in [-0.15, -0.1) is 0 Å². The summed E-state index contributed by atoms with van der Waals surface area (Å²) in [4.78, 5) is 23.4. The summed E-state index contributed by atoms with van der Waals surface area (Å²) < 4.78 is 39.0. The molecule has 7 heteroatoms. The van der Waals surface area contributed by atoms with Gasteiger partial charge in [0.05, 0.1) is 5.56 Å². The van der Waals surface area contributed by atoms with Gasteiger partial charge in [-0.05, 0) is 36.2 Å². The van der Waals surface area contributed by atoms with Crippen LogP contribution in [0.1, 0.15) is 22.3 Å². The zero-order valence-electron chi connectivity index (χ0n) is 13.3. The Morgan fingerprint density at radius 1 is 0.840 bits per heavy atom. The van der Waals surface area contributed by atoms with Crippen molar-refractivity contribution in [3.05, 3.63) is 71.0 Å². The number of benzene rings is 2. The smallest absolute Gasteiger partial charge is 0.254 e. The van der Waals surface area contributed by atoms with Gasteiger partial charge in [-0.2, -0.15) is 0 Å². The third kappa shape index (κ3) is 5.95. The number of hydrogen-bond donors (Lipinski definition) is 2. The summed E-state index contributed by atoms with van der Waals surface area (Å²) in [6, 6.07) is 8.63. The number of halogens is 3. The topological polar surface area (TPSA) is 58.2 Å². The molecule has 0 aliphatic rings. The van der Waals surface area contributed by atoms with Crippen LogP contribution in [0.25, 0.3) is 0 Å². The van der Waals surface area contributed by atoms with Crippen molar-refractivity contribution in [3.63, 3.8) is 0 Å². The summed E-state index contributed by atoms with van der Waals surface area (Å²) in [6.07, 6.45) is 0.580. The molecule has 25 heavy (non-hydrogen) atoms. The lowest BCUT2D eigenvalue weighted by Gasteiger charge is -2.07. The predicted octanol–water partition coefficient (Wildman–Crippen LogP) is 2.58. The molecule has 0 saturated carbocycles. The largest absolute Gasteiger partial charge is 0.356 e. The van der Waals surface area contributed by atoms with Crippen LogP contribution in [-0.4, -0.2) is 24.9 Å². The van der Waals surface area contributed by atoms with Crippen LogP contribution >= 0.6 is 0 Å². The molecule has 0 atom stereocenters. The fourth-order valence-electron chi connectivity index (χ4n) is 2.14. The molecule has 0 bridgehead atoms. The van der Waals surface area contributed by atoms with Crippen molar-refractivity contribution >= 4 is 11.8 Å². The van der Waals surface area contributed by atoms with Gasteiger partial charge in [0.25, 0.3) is 5.91 Å². The highest BCUT2D eigenvalue weighted by Gasteiger charge is 2.12. The highest BCUT2D eigenvalue weighted by molar-refractivity contribution is 5.94. The maximum absolute atomic E-state index is 13.4. The molecule has 0 heterocycles. The van der Waals surface area contributed by atoms with E-state index in [1.54, 1.807) is 12.1 Å². The van der Waals surface area contributed by atoms with Gasteiger partial charge in [-0.1, -0.05) is 12.1 Å². The first-order valence-corrected chi connectivity index (χ1v) is 7.70. The monoisotopic (exact) mass is 350 g/mol. The van der Waals surface area contributed by atoms with E-state index < -0.39 is 17.5 Å². The normalized spacial score (nSPS) is 10.4. The molecular weight excluding hydrogens is 333 g/mol. The minimum atomic E-state index is -0.957. The van der Waals surface area contributed by atoms with E-state index >= 15 is 0 Å². The number of nitrogens with one attached hydrogen (secondary N) is 2. The Bertz CT molecular complexity index is 748. The summed E-state index contributed by atoms with van der Waals surface area (Å²) in [5, 5.41) is 5.07. The molecule has 0 aliphatic carbocycles. The van der Waals surface area contributed by atoms with Gasteiger partial charge in [0.15, 0.2) is 0 Å². The third-order valence-electron chi connectivity index (χ3n) is 3.46. The van der Waals surface area contributed by atoms with Crippen LogP contribution in [0.3, 0.4) is 0 Å². The van der Waals surface area contributed by atoms with E-state index in [-0.39, 0.29) is 30.3 Å². The standard InChI is InChI=1S/C18H17F3N2O2/c19-13-3-1-12(2-4-13)7-9-22-17(24)8-10-23-18(25)15-6-5-14(20)11-16(15)21/h1-6,11H,7-10H2,(H,22,24)(H,23,25). The van der Waals surface area contributed by atoms with Crippen molar-refractivity contribution in [1.82, 2.24) is 10.6 Å². The summed E-state index contributed by atoms with van der Waals surface area (Å²) in [5.74, 6) is -3.03. The minimum Gasteiger partial charge on any atom is -0.356 e. The Hall–Kier alpha value is -2.83. The SMILES string of the molecule is O=C(CCNC(=O)c1ccc(F)cc1F)NCCc1ccc(F)cc1. The van der Waals surface area contributed by atoms with Gasteiger partial charge >= 0.3 is 0 Å². The highest BCUT2D eigenvalue weighted by atomic mass is 19.1. The van der Waals surface area contributed by atoms with Crippen molar-refractivity contribution in [3.8, 4) is 0 Å². The first-order valence-electron chi connectivity index (χ1n) is 7.70. The van der Waals surface area contributed by atoms with E-state index in [1.165, 1.54) is 12.1 Å². The Labute approximate surface area is 143 Å². The Balaban J connectivity index is 1.67. The Kier molecular flexibility index (Phi) is 6.56. The van der Waals surface area contributed by atoms with E-state index in [9.17, 15) is 22.8 Å². The second kappa shape index (κ2) is 8.86. The van der Waals surface area contributed by atoms with Crippen LogP contribution in [0.4, 0.5) is 13.2 Å². The molecule has 4 nitrogen and oxygen atoms in total. The highest BCUT2D eigenvalue weighted by Crippen LogP contribution is 2.09. The predicted molar refractivity (Wildman–Crippen MR) is 86.4 cm³/mol. The lowest BCUT2D eigenvalue weighted by molar-refractivity contribution is -0.120. The summed E-state index contributed by atoms with van der Waals surface area (Å²) >= 11 is 0. The van der Waals surface area contributed by atoms with Crippen molar-refractivity contribution < 1.29 is 22.8 Å². The molecule has 0 aromatic heterocycles. The number of carbonyl (C=O) groups excluding carboxylic acids is 2. The van der Waals surface area contributed by atoms with Gasteiger partial charge in [-0.3, -0.25) is 9.59 Å². The summed E-state index contributed by atoms with van der Waals surface area (Å²) in [7, 11) is 0.